The molecule has 11 heteroatoms. The van der Waals surface area contributed by atoms with Crippen molar-refractivity contribution >= 4 is 41.4 Å². The van der Waals surface area contributed by atoms with E-state index >= 15 is 0 Å². The third-order valence-corrected chi connectivity index (χ3v) is 5.85. The summed E-state index contributed by atoms with van der Waals surface area (Å²) in [4.78, 5) is 24.5. The van der Waals surface area contributed by atoms with Crippen molar-refractivity contribution in [1.29, 1.82) is 0 Å². The summed E-state index contributed by atoms with van der Waals surface area (Å²) < 4.78 is 32.5. The molecular formula is C25H25Cl2F2N5O2. The van der Waals surface area contributed by atoms with Crippen molar-refractivity contribution in [2.24, 2.45) is 0 Å². The van der Waals surface area contributed by atoms with Gasteiger partial charge in [0.25, 0.3) is 5.56 Å². The fourth-order valence-corrected chi connectivity index (χ4v) is 4.17. The molecule has 1 aliphatic rings. The molecule has 1 aliphatic heterocycles. The Morgan fingerprint density at radius 1 is 1.11 bits per heavy atom. The zero-order valence-corrected chi connectivity index (χ0v) is 20.9. The highest BCUT2D eigenvalue weighted by molar-refractivity contribution is 5.86. The summed E-state index contributed by atoms with van der Waals surface area (Å²) in [7, 11) is 1.57. The Balaban J connectivity index is 0.00000180. The zero-order chi connectivity index (χ0) is 23.7. The molecule has 3 heterocycles. The summed E-state index contributed by atoms with van der Waals surface area (Å²) in [6, 6.07) is 10.6. The molecule has 1 atom stereocenters. The summed E-state index contributed by atoms with van der Waals surface area (Å²) in [6.07, 6.45) is 2.95. The number of nitrogens with one attached hydrogen (secondary N) is 3. The van der Waals surface area contributed by atoms with Crippen LogP contribution in [0, 0.1) is 11.6 Å². The van der Waals surface area contributed by atoms with Gasteiger partial charge < -0.3 is 20.4 Å². The number of halogens is 4. The molecule has 0 aliphatic carbocycles. The number of fused-ring (bicyclic) bond motifs is 1. The molecule has 0 bridgehead atoms. The molecule has 190 valence electrons. The second-order valence-corrected chi connectivity index (χ2v) is 8.30. The van der Waals surface area contributed by atoms with Crippen LogP contribution < -0.4 is 20.9 Å². The highest BCUT2D eigenvalue weighted by Gasteiger charge is 2.17. The van der Waals surface area contributed by atoms with Crippen LogP contribution in [-0.2, 0) is 6.42 Å². The average molecular weight is 536 g/mol. The zero-order valence-electron chi connectivity index (χ0n) is 19.3. The highest BCUT2D eigenvalue weighted by Crippen LogP contribution is 2.29. The Morgan fingerprint density at radius 2 is 1.89 bits per heavy atom. The number of hydrogen-bond donors (Lipinski definition) is 3. The van der Waals surface area contributed by atoms with Gasteiger partial charge >= 0.3 is 0 Å². The molecule has 4 aromatic rings. The first-order valence-corrected chi connectivity index (χ1v) is 11.0. The highest BCUT2D eigenvalue weighted by atomic mass is 35.5. The minimum atomic E-state index is -0.659. The fraction of sp³-hybridized carbons (Fsp3) is 0.240. The monoisotopic (exact) mass is 535 g/mol. The number of hydrogen-bond acceptors (Lipinski definition) is 6. The quantitative estimate of drug-likeness (QED) is 0.337. The standard InChI is InChI=1S/C25H23F2N5O2.2ClH/c1-34-23-10-19-21(11-22(23)30-18-4-5-28-13-18)31-24(32-25(19)33)6-14-2-3-20(29-12-14)15-7-16(26)9-17(27)8-15;;/h2-3,7-12,18,28,30H,4-6,13H2,1H3,(H,31,32,33);2*1H. The first-order valence-electron chi connectivity index (χ1n) is 11.0. The van der Waals surface area contributed by atoms with Crippen LogP contribution >= 0.6 is 24.8 Å². The van der Waals surface area contributed by atoms with E-state index in [0.29, 0.717) is 40.2 Å². The maximum atomic E-state index is 13.5. The molecule has 1 saturated heterocycles. The molecule has 5 rings (SSSR count). The van der Waals surface area contributed by atoms with Crippen molar-refractivity contribution < 1.29 is 13.5 Å². The molecule has 7 nitrogen and oxygen atoms in total. The number of rotatable bonds is 6. The largest absolute Gasteiger partial charge is 0.495 e. The normalized spacial score (nSPS) is 14.7. The molecule has 0 saturated carbocycles. The minimum absolute atomic E-state index is 0. The van der Waals surface area contributed by atoms with Gasteiger partial charge in [0, 0.05) is 36.8 Å². The van der Waals surface area contributed by atoms with Crippen LogP contribution in [0.4, 0.5) is 14.5 Å². The Morgan fingerprint density at radius 3 is 2.53 bits per heavy atom. The Hall–Kier alpha value is -3.27. The Bertz CT molecular complexity index is 1390. The molecule has 1 fully saturated rings. The van der Waals surface area contributed by atoms with Gasteiger partial charge in [-0.1, -0.05) is 6.07 Å². The van der Waals surface area contributed by atoms with E-state index in [4.69, 9.17) is 4.74 Å². The van der Waals surface area contributed by atoms with Gasteiger partial charge in [0.2, 0.25) is 0 Å². The van der Waals surface area contributed by atoms with E-state index in [1.54, 1.807) is 31.5 Å². The van der Waals surface area contributed by atoms with E-state index in [-0.39, 0.29) is 36.4 Å². The second kappa shape index (κ2) is 11.6. The minimum Gasteiger partial charge on any atom is -0.495 e. The summed E-state index contributed by atoms with van der Waals surface area (Å²) in [5, 5.41) is 7.23. The van der Waals surface area contributed by atoms with Crippen LogP contribution in [0.15, 0.2) is 53.5 Å². The molecule has 0 spiro atoms. The number of anilines is 1. The van der Waals surface area contributed by atoms with Crippen molar-refractivity contribution in [3.05, 3.63) is 82.0 Å². The van der Waals surface area contributed by atoms with Crippen LogP contribution in [0.25, 0.3) is 22.2 Å². The molecule has 36 heavy (non-hydrogen) atoms. The number of methoxy groups -OCH3 is 1. The number of pyridine rings is 1. The second-order valence-electron chi connectivity index (χ2n) is 8.30. The van der Waals surface area contributed by atoms with Crippen molar-refractivity contribution in [2.45, 2.75) is 18.9 Å². The maximum Gasteiger partial charge on any atom is 0.258 e. The number of H-pyrrole nitrogens is 1. The van der Waals surface area contributed by atoms with Crippen molar-refractivity contribution in [1.82, 2.24) is 20.3 Å². The first kappa shape index (κ1) is 27.3. The number of ether oxygens (including phenoxy) is 1. The van der Waals surface area contributed by atoms with Crippen LogP contribution in [0.5, 0.6) is 5.75 Å². The van der Waals surface area contributed by atoms with Gasteiger partial charge in [-0.3, -0.25) is 9.78 Å². The van der Waals surface area contributed by atoms with Crippen LogP contribution in [0.3, 0.4) is 0 Å². The lowest BCUT2D eigenvalue weighted by Gasteiger charge is -2.16. The molecule has 2 aromatic carbocycles. The first-order chi connectivity index (χ1) is 16.5. The Kier molecular flexibility index (Phi) is 8.84. The van der Waals surface area contributed by atoms with Gasteiger partial charge in [-0.2, -0.15) is 0 Å². The lowest BCUT2D eigenvalue weighted by atomic mass is 10.1. The smallest absolute Gasteiger partial charge is 0.258 e. The lowest BCUT2D eigenvalue weighted by molar-refractivity contribution is 0.416. The van der Waals surface area contributed by atoms with E-state index in [1.165, 1.54) is 12.1 Å². The van der Waals surface area contributed by atoms with Crippen molar-refractivity contribution in [3.8, 4) is 17.0 Å². The third kappa shape index (κ3) is 5.92. The fourth-order valence-electron chi connectivity index (χ4n) is 4.17. The van der Waals surface area contributed by atoms with Gasteiger partial charge in [-0.15, -0.1) is 24.8 Å². The number of benzene rings is 2. The van der Waals surface area contributed by atoms with E-state index in [0.717, 1.165) is 36.8 Å². The van der Waals surface area contributed by atoms with Gasteiger partial charge in [-0.25, -0.2) is 13.8 Å². The summed E-state index contributed by atoms with van der Waals surface area (Å²) in [5.74, 6) is -0.238. The van der Waals surface area contributed by atoms with Crippen molar-refractivity contribution in [3.63, 3.8) is 0 Å². The van der Waals surface area contributed by atoms with Gasteiger partial charge in [0.05, 0.1) is 29.4 Å². The number of nitrogens with zero attached hydrogens (tertiary/aromatic N) is 2. The van der Waals surface area contributed by atoms with Gasteiger partial charge in [0.1, 0.15) is 23.2 Å². The van der Waals surface area contributed by atoms with Crippen LogP contribution in [-0.4, -0.2) is 41.2 Å². The van der Waals surface area contributed by atoms with E-state index in [2.05, 4.69) is 25.6 Å². The molecule has 0 amide bonds. The summed E-state index contributed by atoms with van der Waals surface area (Å²) >= 11 is 0. The van der Waals surface area contributed by atoms with E-state index < -0.39 is 11.6 Å². The van der Waals surface area contributed by atoms with E-state index in [9.17, 15) is 13.6 Å². The molecule has 3 N–H and O–H groups in total. The lowest BCUT2D eigenvalue weighted by Crippen LogP contribution is -2.22. The topological polar surface area (TPSA) is 91.9 Å². The number of aromatic nitrogens is 3. The predicted molar refractivity (Wildman–Crippen MR) is 141 cm³/mol. The van der Waals surface area contributed by atoms with Gasteiger partial charge in [-0.05, 0) is 48.9 Å². The average Bonchev–Trinajstić information content (AvgIpc) is 3.32. The molecule has 0 radical (unpaired) electrons. The Labute approximate surface area is 218 Å². The maximum absolute atomic E-state index is 13.5. The third-order valence-electron chi connectivity index (χ3n) is 5.85. The van der Waals surface area contributed by atoms with E-state index in [1.807, 2.05) is 6.07 Å². The summed E-state index contributed by atoms with van der Waals surface area (Å²) in [6.45, 7) is 1.82. The summed E-state index contributed by atoms with van der Waals surface area (Å²) in [5.41, 5.74) is 2.70. The SMILES string of the molecule is COc1cc2c(=O)[nH]c(Cc3ccc(-c4cc(F)cc(F)c4)nc3)nc2cc1NC1CCNC1.Cl.Cl. The molecular weight excluding hydrogens is 511 g/mol. The predicted octanol–water partition coefficient (Wildman–Crippen LogP) is 4.48. The molecule has 1 unspecified atom stereocenters. The number of aromatic amines is 1. The van der Waals surface area contributed by atoms with Crippen LogP contribution in [0.2, 0.25) is 0 Å². The van der Waals surface area contributed by atoms with Crippen LogP contribution in [0.1, 0.15) is 17.8 Å². The van der Waals surface area contributed by atoms with Gasteiger partial charge in [0.15, 0.2) is 0 Å². The molecule has 2 aromatic heterocycles. The van der Waals surface area contributed by atoms with Crippen molar-refractivity contribution in [2.75, 3.05) is 25.5 Å².